The molecule has 2 aromatic carbocycles. The van der Waals surface area contributed by atoms with Gasteiger partial charge in [-0.25, -0.2) is 9.37 Å². The fraction of sp³-hybridized carbons (Fsp3) is 0. The Morgan fingerprint density at radius 3 is 2.59 bits per heavy atom. The Morgan fingerprint density at radius 1 is 1.00 bits per heavy atom. The van der Waals surface area contributed by atoms with Crippen molar-refractivity contribution in [3.05, 3.63) is 58.6 Å². The molecule has 0 atom stereocenters. The van der Waals surface area contributed by atoms with Gasteiger partial charge < -0.3 is 15.7 Å². The van der Waals surface area contributed by atoms with Gasteiger partial charge in [0.05, 0.1) is 27.6 Å². The van der Waals surface area contributed by atoms with E-state index in [0.717, 1.165) is 5.52 Å². The Hall–Kier alpha value is -3.15. The third-order valence-corrected chi connectivity index (χ3v) is 3.65. The number of fused-ring (bicyclic) bond motifs is 2. The molecule has 0 amide bonds. The first-order valence-electron chi connectivity index (χ1n) is 6.70. The van der Waals surface area contributed by atoms with E-state index in [0.29, 0.717) is 16.9 Å². The molecule has 0 radical (unpaired) electrons. The summed E-state index contributed by atoms with van der Waals surface area (Å²) in [5.74, 6) is -0.159. The summed E-state index contributed by atoms with van der Waals surface area (Å²) in [5, 5.41) is 0.192. The first kappa shape index (κ1) is 12.6. The topological polar surface area (TPSA) is 87.6 Å². The maximum Gasteiger partial charge on any atom is 0.261 e. The molecule has 6 heteroatoms. The fourth-order valence-corrected chi connectivity index (χ4v) is 2.64. The predicted molar refractivity (Wildman–Crippen MR) is 84.0 cm³/mol. The molecule has 2 heterocycles. The molecule has 0 unspecified atom stereocenters. The van der Waals surface area contributed by atoms with Crippen LogP contribution in [0.15, 0.2) is 47.3 Å². The van der Waals surface area contributed by atoms with Crippen molar-refractivity contribution in [2.24, 2.45) is 0 Å². The molecule has 5 nitrogen and oxygen atoms in total. The molecule has 4 rings (SSSR count). The number of hydrogen-bond acceptors (Lipinski definition) is 3. The summed E-state index contributed by atoms with van der Waals surface area (Å²) < 4.78 is 14.0. The monoisotopic (exact) mass is 294 g/mol. The van der Waals surface area contributed by atoms with Gasteiger partial charge in [0.1, 0.15) is 17.2 Å². The number of nitrogens with zero attached hydrogens (tertiary/aromatic N) is 1. The van der Waals surface area contributed by atoms with E-state index >= 15 is 0 Å². The van der Waals surface area contributed by atoms with Crippen molar-refractivity contribution in [2.75, 3.05) is 5.73 Å². The lowest BCUT2D eigenvalue weighted by molar-refractivity contribution is 0.640. The van der Waals surface area contributed by atoms with Crippen LogP contribution in [0.2, 0.25) is 0 Å². The quantitative estimate of drug-likeness (QED) is 0.504. The number of hydrogen-bond donors (Lipinski definition) is 3. The van der Waals surface area contributed by atoms with E-state index in [4.69, 9.17) is 5.73 Å². The van der Waals surface area contributed by atoms with Crippen molar-refractivity contribution in [3.8, 4) is 11.4 Å². The van der Waals surface area contributed by atoms with Crippen LogP contribution in [0.25, 0.3) is 33.3 Å². The first-order chi connectivity index (χ1) is 10.6. The Balaban J connectivity index is 2.10. The molecule has 0 aliphatic heterocycles. The van der Waals surface area contributed by atoms with Crippen molar-refractivity contribution in [1.82, 2.24) is 15.0 Å². The van der Waals surface area contributed by atoms with Crippen LogP contribution in [0.4, 0.5) is 10.1 Å². The van der Waals surface area contributed by atoms with Crippen LogP contribution in [0.5, 0.6) is 0 Å². The van der Waals surface area contributed by atoms with Crippen LogP contribution >= 0.6 is 0 Å². The van der Waals surface area contributed by atoms with Gasteiger partial charge in [0.15, 0.2) is 0 Å². The number of rotatable bonds is 1. The number of pyridine rings is 1. The van der Waals surface area contributed by atoms with Crippen LogP contribution < -0.4 is 11.3 Å². The average Bonchev–Trinajstić information content (AvgIpc) is 2.90. The number of benzene rings is 2. The highest BCUT2D eigenvalue weighted by Gasteiger charge is 2.17. The minimum atomic E-state index is -0.483. The van der Waals surface area contributed by atoms with Crippen molar-refractivity contribution in [3.63, 3.8) is 0 Å². The highest BCUT2D eigenvalue weighted by Crippen LogP contribution is 2.29. The van der Waals surface area contributed by atoms with Crippen LogP contribution in [0.3, 0.4) is 0 Å². The molecule has 22 heavy (non-hydrogen) atoms. The summed E-state index contributed by atoms with van der Waals surface area (Å²) in [7, 11) is 0. The summed E-state index contributed by atoms with van der Waals surface area (Å²) in [4.78, 5) is 22.4. The molecule has 0 aliphatic rings. The number of para-hydroxylation sites is 2. The molecule has 4 N–H and O–H groups in total. The summed E-state index contributed by atoms with van der Waals surface area (Å²) >= 11 is 0. The number of H-pyrrole nitrogens is 2. The minimum Gasteiger partial charge on any atom is -0.397 e. The van der Waals surface area contributed by atoms with E-state index in [1.165, 1.54) is 12.1 Å². The molecular formula is C16H11FN4O. The molecule has 2 aromatic heterocycles. The van der Waals surface area contributed by atoms with Crippen molar-refractivity contribution >= 4 is 27.6 Å². The molecular weight excluding hydrogens is 283 g/mol. The zero-order valence-corrected chi connectivity index (χ0v) is 11.4. The van der Waals surface area contributed by atoms with Gasteiger partial charge in [-0.15, -0.1) is 0 Å². The third-order valence-electron chi connectivity index (χ3n) is 3.65. The highest BCUT2D eigenvalue weighted by atomic mass is 19.1. The van der Waals surface area contributed by atoms with Crippen LogP contribution in [-0.2, 0) is 0 Å². The first-order valence-corrected chi connectivity index (χ1v) is 6.70. The second-order valence-corrected chi connectivity index (χ2v) is 5.01. The summed E-state index contributed by atoms with van der Waals surface area (Å²) in [6, 6.07) is 11.8. The summed E-state index contributed by atoms with van der Waals surface area (Å²) in [6.07, 6.45) is 0. The van der Waals surface area contributed by atoms with Crippen molar-refractivity contribution in [1.29, 1.82) is 0 Å². The minimum absolute atomic E-state index is 0.0795. The Bertz CT molecular complexity index is 1050. The van der Waals surface area contributed by atoms with E-state index in [9.17, 15) is 9.18 Å². The van der Waals surface area contributed by atoms with Crippen LogP contribution in [0, 0.1) is 5.82 Å². The average molecular weight is 294 g/mol. The number of anilines is 1. The molecule has 0 bridgehead atoms. The van der Waals surface area contributed by atoms with Crippen LogP contribution in [0.1, 0.15) is 0 Å². The number of nitrogens with one attached hydrogen (secondary N) is 2. The van der Waals surface area contributed by atoms with Gasteiger partial charge in [-0.1, -0.05) is 18.2 Å². The van der Waals surface area contributed by atoms with Crippen molar-refractivity contribution < 1.29 is 4.39 Å². The number of nitrogen functional groups attached to an aromatic ring is 1. The Kier molecular flexibility index (Phi) is 2.53. The number of halogens is 1. The molecule has 108 valence electrons. The molecule has 0 saturated carbocycles. The van der Waals surface area contributed by atoms with E-state index < -0.39 is 11.4 Å². The van der Waals surface area contributed by atoms with Crippen LogP contribution in [-0.4, -0.2) is 15.0 Å². The standard InChI is InChI=1S/C16H11FN4O/c17-8-4-3-7-11-12(8)14(18)13(16(22)21-11)15-19-9-5-1-2-6-10(9)20-15/h1-7H,(H,19,20)(H3,18,21,22). The molecule has 0 fully saturated rings. The number of aromatic nitrogens is 3. The normalized spacial score (nSPS) is 11.3. The maximum absolute atomic E-state index is 14.0. The lowest BCUT2D eigenvalue weighted by Crippen LogP contribution is -2.13. The van der Waals surface area contributed by atoms with E-state index in [1.54, 1.807) is 6.07 Å². The van der Waals surface area contributed by atoms with Gasteiger partial charge in [0.25, 0.3) is 5.56 Å². The predicted octanol–water partition coefficient (Wildman–Crippen LogP) is 2.79. The van der Waals surface area contributed by atoms with E-state index in [-0.39, 0.29) is 16.6 Å². The van der Waals surface area contributed by atoms with Crippen molar-refractivity contribution in [2.45, 2.75) is 0 Å². The second kappa shape index (κ2) is 4.42. The smallest absolute Gasteiger partial charge is 0.261 e. The van der Waals surface area contributed by atoms with Gasteiger partial charge in [0.2, 0.25) is 0 Å². The zero-order chi connectivity index (χ0) is 15.3. The van der Waals surface area contributed by atoms with Gasteiger partial charge >= 0.3 is 0 Å². The molecule has 0 aliphatic carbocycles. The highest BCUT2D eigenvalue weighted by molar-refractivity contribution is 5.98. The molecule has 0 spiro atoms. The van der Waals surface area contributed by atoms with Gasteiger partial charge in [0, 0.05) is 0 Å². The van der Waals surface area contributed by atoms with Gasteiger partial charge in [-0.05, 0) is 24.3 Å². The molecule has 4 aromatic rings. The van der Waals surface area contributed by atoms with E-state index in [1.807, 2.05) is 24.3 Å². The third kappa shape index (κ3) is 1.70. The summed E-state index contributed by atoms with van der Waals surface area (Å²) in [6.45, 7) is 0. The zero-order valence-electron chi connectivity index (χ0n) is 11.4. The van der Waals surface area contributed by atoms with Gasteiger partial charge in [-0.2, -0.15) is 0 Å². The van der Waals surface area contributed by atoms with Gasteiger partial charge in [-0.3, -0.25) is 4.79 Å². The maximum atomic E-state index is 14.0. The second-order valence-electron chi connectivity index (χ2n) is 5.01. The van der Waals surface area contributed by atoms with E-state index in [2.05, 4.69) is 15.0 Å². The Morgan fingerprint density at radius 2 is 1.77 bits per heavy atom. The number of imidazole rings is 1. The molecule has 0 saturated heterocycles. The largest absolute Gasteiger partial charge is 0.397 e. The summed E-state index contributed by atoms with van der Waals surface area (Å²) in [5.41, 5.74) is 7.73. The number of aromatic amines is 2. The Labute approximate surface area is 123 Å². The fourth-order valence-electron chi connectivity index (χ4n) is 2.64. The lowest BCUT2D eigenvalue weighted by atomic mass is 10.1. The SMILES string of the molecule is Nc1c(-c2nc3ccccc3[nH]2)c(=O)[nH]c2cccc(F)c12. The lowest BCUT2D eigenvalue weighted by Gasteiger charge is -2.07. The number of nitrogens with two attached hydrogens (primary N) is 1.